The molecule has 1 saturated heterocycles. The number of aryl methyl sites for hydroxylation is 1. The Bertz CT molecular complexity index is 608. The smallest absolute Gasteiger partial charge is 0.221 e. The van der Waals surface area contributed by atoms with E-state index in [4.69, 9.17) is 4.74 Å². The van der Waals surface area contributed by atoms with Crippen LogP contribution in [0.4, 0.5) is 5.69 Å². The average Bonchev–Trinajstić information content (AvgIpc) is 3.08. The Morgan fingerprint density at radius 3 is 3.00 bits per heavy atom. The number of hydrogen-bond donors (Lipinski definition) is 2. The molecule has 2 N–H and O–H groups in total. The molecule has 0 radical (unpaired) electrons. The van der Waals surface area contributed by atoms with E-state index in [-0.39, 0.29) is 12.0 Å². The molecule has 1 aromatic rings. The molecule has 1 aliphatic rings. The van der Waals surface area contributed by atoms with Crippen LogP contribution in [0.25, 0.3) is 0 Å². The number of hydrogen-bond acceptors (Lipinski definition) is 4. The first kappa shape index (κ1) is 18.1. The van der Waals surface area contributed by atoms with Crippen molar-refractivity contribution in [2.24, 2.45) is 4.99 Å². The molecular weight excluding hydrogens is 306 g/mol. The van der Waals surface area contributed by atoms with Gasteiger partial charge in [-0.15, -0.1) is 0 Å². The van der Waals surface area contributed by atoms with Crippen molar-refractivity contribution in [1.29, 1.82) is 0 Å². The predicted octanol–water partition coefficient (Wildman–Crippen LogP) is 2.06. The number of anilines is 1. The molecule has 0 aliphatic carbocycles. The van der Waals surface area contributed by atoms with Crippen molar-refractivity contribution in [2.75, 3.05) is 25.0 Å². The third kappa shape index (κ3) is 5.45. The predicted molar refractivity (Wildman–Crippen MR) is 94.5 cm³/mol. The van der Waals surface area contributed by atoms with Gasteiger partial charge >= 0.3 is 0 Å². The highest BCUT2D eigenvalue weighted by molar-refractivity contribution is 6.01. The number of carbonyl (C=O) groups is 2. The van der Waals surface area contributed by atoms with Gasteiger partial charge in [0.1, 0.15) is 0 Å². The van der Waals surface area contributed by atoms with Gasteiger partial charge in [0.05, 0.1) is 6.10 Å². The van der Waals surface area contributed by atoms with Crippen LogP contribution in [-0.2, 0) is 14.3 Å². The van der Waals surface area contributed by atoms with Gasteiger partial charge in [0, 0.05) is 43.1 Å². The zero-order chi connectivity index (χ0) is 17.4. The maximum atomic E-state index is 11.8. The second kappa shape index (κ2) is 9.17. The van der Waals surface area contributed by atoms with E-state index in [9.17, 15) is 9.59 Å². The Morgan fingerprint density at radius 2 is 2.29 bits per heavy atom. The molecule has 1 fully saturated rings. The van der Waals surface area contributed by atoms with Crippen molar-refractivity contribution >= 4 is 23.7 Å². The maximum absolute atomic E-state index is 11.8. The van der Waals surface area contributed by atoms with Crippen molar-refractivity contribution in [2.45, 2.75) is 39.2 Å². The molecule has 1 unspecified atom stereocenters. The molecular formula is C18H25N3O3. The Balaban J connectivity index is 1.83. The van der Waals surface area contributed by atoms with Crippen LogP contribution in [0, 0.1) is 6.92 Å². The molecule has 0 saturated carbocycles. The Labute approximate surface area is 142 Å². The highest BCUT2D eigenvalue weighted by Crippen LogP contribution is 2.16. The summed E-state index contributed by atoms with van der Waals surface area (Å²) in [7, 11) is 0. The summed E-state index contributed by atoms with van der Waals surface area (Å²) in [6.45, 7) is 5.72. The SMILES string of the molecule is CC(=NCCC(=O)NCC1CCCO1)c1cc(NC=O)ccc1C. The first-order chi connectivity index (χ1) is 11.6. The van der Waals surface area contributed by atoms with Crippen molar-refractivity contribution in [3.63, 3.8) is 0 Å². The van der Waals surface area contributed by atoms with Gasteiger partial charge < -0.3 is 15.4 Å². The molecule has 0 aromatic heterocycles. The number of benzene rings is 1. The molecule has 0 spiro atoms. The summed E-state index contributed by atoms with van der Waals surface area (Å²) in [5.41, 5.74) is 3.64. The first-order valence-electron chi connectivity index (χ1n) is 8.30. The van der Waals surface area contributed by atoms with Crippen molar-refractivity contribution in [1.82, 2.24) is 5.32 Å². The van der Waals surface area contributed by atoms with E-state index >= 15 is 0 Å². The number of rotatable bonds is 8. The van der Waals surface area contributed by atoms with E-state index in [1.54, 1.807) is 0 Å². The Kier molecular flexibility index (Phi) is 6.93. The summed E-state index contributed by atoms with van der Waals surface area (Å²) >= 11 is 0. The lowest BCUT2D eigenvalue weighted by Gasteiger charge is -2.10. The van der Waals surface area contributed by atoms with Crippen molar-refractivity contribution in [3.05, 3.63) is 29.3 Å². The van der Waals surface area contributed by atoms with Gasteiger partial charge in [0.25, 0.3) is 0 Å². The largest absolute Gasteiger partial charge is 0.376 e. The van der Waals surface area contributed by atoms with Gasteiger partial charge in [-0.1, -0.05) is 6.07 Å². The number of aliphatic imine (C=N–C) groups is 1. The van der Waals surface area contributed by atoms with Crippen LogP contribution < -0.4 is 10.6 Å². The van der Waals surface area contributed by atoms with Gasteiger partial charge in [-0.25, -0.2) is 0 Å². The van der Waals surface area contributed by atoms with E-state index in [1.807, 2.05) is 32.0 Å². The van der Waals surface area contributed by atoms with E-state index in [1.165, 1.54) is 0 Å². The highest BCUT2D eigenvalue weighted by atomic mass is 16.5. The van der Waals surface area contributed by atoms with Crippen LogP contribution in [0.3, 0.4) is 0 Å². The van der Waals surface area contributed by atoms with Gasteiger partial charge in [-0.3, -0.25) is 14.6 Å². The third-order valence-corrected chi connectivity index (χ3v) is 4.09. The molecule has 2 amide bonds. The fraction of sp³-hybridized carbons (Fsp3) is 0.500. The second-order valence-corrected chi connectivity index (χ2v) is 5.95. The normalized spacial score (nSPS) is 17.6. The van der Waals surface area contributed by atoms with Gasteiger partial charge in [-0.05, 0) is 44.4 Å². The monoisotopic (exact) mass is 331 g/mol. The maximum Gasteiger partial charge on any atom is 0.221 e. The van der Waals surface area contributed by atoms with Crippen molar-refractivity contribution < 1.29 is 14.3 Å². The fourth-order valence-electron chi connectivity index (χ4n) is 2.70. The van der Waals surface area contributed by atoms with Gasteiger partial charge in [-0.2, -0.15) is 0 Å². The van der Waals surface area contributed by atoms with Crippen LogP contribution >= 0.6 is 0 Å². The zero-order valence-electron chi connectivity index (χ0n) is 14.3. The summed E-state index contributed by atoms with van der Waals surface area (Å²) in [6.07, 6.45) is 3.26. The number of nitrogens with zero attached hydrogens (tertiary/aromatic N) is 1. The topological polar surface area (TPSA) is 79.8 Å². The standard InChI is InChI=1S/C18H25N3O3/c1-13-5-6-15(21-12-22)10-17(13)14(2)19-8-7-18(23)20-11-16-4-3-9-24-16/h5-6,10,12,16H,3-4,7-9,11H2,1-2H3,(H,20,23)(H,21,22). The van der Waals surface area contributed by atoms with E-state index in [0.717, 1.165) is 42.0 Å². The van der Waals surface area contributed by atoms with E-state index in [0.29, 0.717) is 25.9 Å². The lowest BCUT2D eigenvalue weighted by Crippen LogP contribution is -2.32. The molecule has 24 heavy (non-hydrogen) atoms. The zero-order valence-corrected chi connectivity index (χ0v) is 14.3. The lowest BCUT2D eigenvalue weighted by atomic mass is 10.0. The minimum absolute atomic E-state index is 0.00450. The first-order valence-corrected chi connectivity index (χ1v) is 8.30. The molecule has 130 valence electrons. The number of nitrogens with one attached hydrogen (secondary N) is 2. The van der Waals surface area contributed by atoms with E-state index in [2.05, 4.69) is 15.6 Å². The Morgan fingerprint density at radius 1 is 1.46 bits per heavy atom. The Hall–Kier alpha value is -2.21. The summed E-state index contributed by atoms with van der Waals surface area (Å²) in [4.78, 5) is 26.9. The molecule has 1 heterocycles. The average molecular weight is 331 g/mol. The molecule has 6 nitrogen and oxygen atoms in total. The van der Waals surface area contributed by atoms with Crippen LogP contribution in [0.2, 0.25) is 0 Å². The molecule has 2 rings (SSSR count). The van der Waals surface area contributed by atoms with Crippen LogP contribution in [-0.4, -0.2) is 43.8 Å². The van der Waals surface area contributed by atoms with Crippen LogP contribution in [0.5, 0.6) is 0 Å². The summed E-state index contributed by atoms with van der Waals surface area (Å²) in [6, 6.07) is 5.67. The fourth-order valence-corrected chi connectivity index (χ4v) is 2.70. The third-order valence-electron chi connectivity index (χ3n) is 4.09. The second-order valence-electron chi connectivity index (χ2n) is 5.95. The van der Waals surface area contributed by atoms with Crippen molar-refractivity contribution in [3.8, 4) is 0 Å². The molecule has 1 atom stereocenters. The molecule has 0 bridgehead atoms. The van der Waals surface area contributed by atoms with Gasteiger partial charge in [0.15, 0.2) is 0 Å². The summed E-state index contributed by atoms with van der Waals surface area (Å²) < 4.78 is 5.48. The van der Waals surface area contributed by atoms with Crippen LogP contribution in [0.1, 0.15) is 37.3 Å². The van der Waals surface area contributed by atoms with E-state index < -0.39 is 0 Å². The van der Waals surface area contributed by atoms with Gasteiger partial charge in [0.2, 0.25) is 12.3 Å². The highest BCUT2D eigenvalue weighted by Gasteiger charge is 2.15. The van der Waals surface area contributed by atoms with Crippen LogP contribution in [0.15, 0.2) is 23.2 Å². The minimum Gasteiger partial charge on any atom is -0.376 e. The molecule has 1 aliphatic heterocycles. The lowest BCUT2D eigenvalue weighted by molar-refractivity contribution is -0.121. The molecule has 6 heteroatoms. The number of carbonyl (C=O) groups excluding carboxylic acids is 2. The molecule has 1 aromatic carbocycles. The minimum atomic E-state index is -0.00450. The number of ether oxygens (including phenoxy) is 1. The number of amides is 2. The summed E-state index contributed by atoms with van der Waals surface area (Å²) in [5, 5.41) is 5.53. The quantitative estimate of drug-likeness (QED) is 0.565. The summed E-state index contributed by atoms with van der Waals surface area (Å²) in [5.74, 6) is -0.00450.